The molecule has 3 rings (SSSR count). The highest BCUT2D eigenvalue weighted by atomic mass is 32.2. The fraction of sp³-hybridized carbons (Fsp3) is 0.143. The third-order valence-electron chi connectivity index (χ3n) is 2.95. The van der Waals surface area contributed by atoms with Gasteiger partial charge in [0.2, 0.25) is 0 Å². The van der Waals surface area contributed by atoms with Gasteiger partial charge in [0.15, 0.2) is 5.16 Å². The Balaban J connectivity index is 1.96. The highest BCUT2D eigenvalue weighted by Crippen LogP contribution is 2.18. The van der Waals surface area contributed by atoms with Crippen LogP contribution in [0.15, 0.2) is 53.8 Å². The Bertz CT molecular complexity index is 737. The lowest BCUT2D eigenvalue weighted by Crippen LogP contribution is -2.04. The molecule has 0 saturated carbocycles. The summed E-state index contributed by atoms with van der Waals surface area (Å²) < 4.78 is 14.3. The molecule has 0 fully saturated rings. The van der Waals surface area contributed by atoms with Gasteiger partial charge >= 0.3 is 0 Å². The highest BCUT2D eigenvalue weighted by Gasteiger charge is 2.14. The van der Waals surface area contributed by atoms with Gasteiger partial charge in [0.05, 0.1) is 33.3 Å². The van der Waals surface area contributed by atoms with Crippen LogP contribution in [0.4, 0.5) is 0 Å². The number of benzene rings is 1. The average molecular weight is 271 g/mol. The summed E-state index contributed by atoms with van der Waals surface area (Å²) in [4.78, 5) is 8.64. The molecule has 2 heterocycles. The Hall–Kier alpha value is -2.01. The summed E-state index contributed by atoms with van der Waals surface area (Å²) in [5.74, 6) is 0.387. The number of imidazole rings is 1. The number of aromatic nitrogens is 3. The molecule has 19 heavy (non-hydrogen) atoms. The maximum absolute atomic E-state index is 12.4. The second-order valence-electron chi connectivity index (χ2n) is 4.25. The van der Waals surface area contributed by atoms with E-state index in [4.69, 9.17) is 0 Å². The summed E-state index contributed by atoms with van der Waals surface area (Å²) in [6.07, 6.45) is 1.71. The summed E-state index contributed by atoms with van der Waals surface area (Å²) in [7, 11) is 0.701. The van der Waals surface area contributed by atoms with Crippen molar-refractivity contribution in [2.24, 2.45) is 7.05 Å². The lowest BCUT2D eigenvalue weighted by atomic mass is 10.3. The van der Waals surface area contributed by atoms with Gasteiger partial charge in [-0.3, -0.25) is 9.19 Å². The van der Waals surface area contributed by atoms with Crippen LogP contribution >= 0.6 is 0 Å². The predicted molar refractivity (Wildman–Crippen MR) is 75.1 cm³/mol. The van der Waals surface area contributed by atoms with Crippen molar-refractivity contribution >= 4 is 21.8 Å². The molecular weight excluding hydrogens is 258 g/mol. The fourth-order valence-electron chi connectivity index (χ4n) is 2.01. The Kier molecular flexibility index (Phi) is 3.13. The van der Waals surface area contributed by atoms with Crippen LogP contribution in [0.3, 0.4) is 0 Å². The number of nitrogens with zero attached hydrogens (tertiary/aromatic N) is 3. The zero-order chi connectivity index (χ0) is 13.2. The zero-order valence-electron chi connectivity index (χ0n) is 10.5. The van der Waals surface area contributed by atoms with Crippen molar-refractivity contribution in [1.82, 2.24) is 14.5 Å². The van der Waals surface area contributed by atoms with Crippen LogP contribution in [-0.2, 0) is 23.6 Å². The maximum atomic E-state index is 12.4. The van der Waals surface area contributed by atoms with Crippen molar-refractivity contribution in [3.8, 4) is 0 Å². The summed E-state index contributed by atoms with van der Waals surface area (Å²) >= 11 is 0. The van der Waals surface area contributed by atoms with Gasteiger partial charge in [-0.15, -0.1) is 0 Å². The summed E-state index contributed by atoms with van der Waals surface area (Å²) in [6.45, 7) is 0. The molecular formula is C14H13N3OS. The molecule has 0 amide bonds. The molecule has 0 spiro atoms. The number of aryl methyl sites for hydroxylation is 1. The van der Waals surface area contributed by atoms with E-state index in [1.165, 1.54) is 0 Å². The Morgan fingerprint density at radius 3 is 2.68 bits per heavy atom. The largest absolute Gasteiger partial charge is 0.320 e. The molecule has 5 heteroatoms. The van der Waals surface area contributed by atoms with Gasteiger partial charge in [0.1, 0.15) is 0 Å². The second-order valence-corrected chi connectivity index (χ2v) is 5.60. The van der Waals surface area contributed by atoms with Gasteiger partial charge in [0.25, 0.3) is 0 Å². The standard InChI is InChI=1S/C14H13N3OS/c1-17-13-8-3-2-7-12(13)16-14(17)19(18)10-11-6-4-5-9-15-11/h2-9H,10H2,1H3. The molecule has 0 radical (unpaired) electrons. The number of hydrogen-bond donors (Lipinski definition) is 0. The molecule has 1 aromatic carbocycles. The molecule has 0 N–H and O–H groups in total. The third-order valence-corrected chi connectivity index (χ3v) is 4.29. The van der Waals surface area contributed by atoms with Crippen LogP contribution in [0.1, 0.15) is 5.69 Å². The van der Waals surface area contributed by atoms with Crippen LogP contribution in [0.25, 0.3) is 11.0 Å². The number of para-hydroxylation sites is 2. The van der Waals surface area contributed by atoms with Crippen LogP contribution < -0.4 is 0 Å². The van der Waals surface area contributed by atoms with E-state index in [-0.39, 0.29) is 0 Å². The molecule has 0 bridgehead atoms. The topological polar surface area (TPSA) is 47.8 Å². The van der Waals surface area contributed by atoms with Crippen molar-refractivity contribution in [3.63, 3.8) is 0 Å². The minimum absolute atomic E-state index is 0.387. The van der Waals surface area contributed by atoms with E-state index < -0.39 is 10.8 Å². The molecule has 96 valence electrons. The van der Waals surface area contributed by atoms with E-state index in [9.17, 15) is 4.21 Å². The third kappa shape index (κ3) is 2.29. The summed E-state index contributed by atoms with van der Waals surface area (Å²) in [5, 5.41) is 0.590. The molecule has 1 atom stereocenters. The van der Waals surface area contributed by atoms with Crippen LogP contribution in [0.5, 0.6) is 0 Å². The molecule has 0 aliphatic heterocycles. The molecule has 0 aliphatic carbocycles. The van der Waals surface area contributed by atoms with E-state index >= 15 is 0 Å². The summed E-state index contributed by atoms with van der Waals surface area (Å²) in [6, 6.07) is 13.4. The minimum atomic E-state index is -1.19. The van der Waals surface area contributed by atoms with E-state index in [0.29, 0.717) is 10.9 Å². The summed E-state index contributed by atoms with van der Waals surface area (Å²) in [5.41, 5.74) is 2.68. The van der Waals surface area contributed by atoms with Crippen LogP contribution in [0.2, 0.25) is 0 Å². The molecule has 3 aromatic rings. The first kappa shape index (κ1) is 12.0. The average Bonchev–Trinajstić information content (AvgIpc) is 2.78. The van der Waals surface area contributed by atoms with Crippen LogP contribution in [0, 0.1) is 0 Å². The van der Waals surface area contributed by atoms with Gasteiger partial charge in [-0.2, -0.15) is 0 Å². The first-order chi connectivity index (χ1) is 9.25. The minimum Gasteiger partial charge on any atom is -0.320 e. The van der Waals surface area contributed by atoms with E-state index in [2.05, 4.69) is 9.97 Å². The molecule has 2 aromatic heterocycles. The van der Waals surface area contributed by atoms with Crippen molar-refractivity contribution in [2.75, 3.05) is 0 Å². The monoisotopic (exact) mass is 271 g/mol. The number of rotatable bonds is 3. The van der Waals surface area contributed by atoms with Gasteiger partial charge in [-0.25, -0.2) is 4.98 Å². The van der Waals surface area contributed by atoms with Gasteiger partial charge in [-0.1, -0.05) is 18.2 Å². The first-order valence-electron chi connectivity index (χ1n) is 5.95. The predicted octanol–water partition coefficient (Wildman–Crippen LogP) is 2.28. The zero-order valence-corrected chi connectivity index (χ0v) is 11.3. The smallest absolute Gasteiger partial charge is 0.200 e. The molecule has 4 nitrogen and oxygen atoms in total. The molecule has 0 aliphatic rings. The first-order valence-corrected chi connectivity index (χ1v) is 7.27. The fourth-order valence-corrected chi connectivity index (χ4v) is 3.18. The quantitative estimate of drug-likeness (QED) is 0.734. The Labute approximate surface area is 113 Å². The maximum Gasteiger partial charge on any atom is 0.200 e. The number of hydrogen-bond acceptors (Lipinski definition) is 3. The van der Waals surface area contributed by atoms with Gasteiger partial charge in [0, 0.05) is 13.2 Å². The van der Waals surface area contributed by atoms with Gasteiger partial charge in [-0.05, 0) is 24.3 Å². The number of pyridine rings is 1. The highest BCUT2D eigenvalue weighted by molar-refractivity contribution is 7.84. The van der Waals surface area contributed by atoms with Crippen molar-refractivity contribution in [2.45, 2.75) is 10.9 Å². The van der Waals surface area contributed by atoms with Crippen molar-refractivity contribution in [1.29, 1.82) is 0 Å². The Morgan fingerprint density at radius 2 is 1.95 bits per heavy atom. The second kappa shape index (κ2) is 4.93. The van der Waals surface area contributed by atoms with Crippen LogP contribution in [-0.4, -0.2) is 18.7 Å². The number of fused-ring (bicyclic) bond motifs is 1. The van der Waals surface area contributed by atoms with E-state index in [1.807, 2.05) is 54.1 Å². The lowest BCUT2D eigenvalue weighted by Gasteiger charge is -2.02. The Morgan fingerprint density at radius 1 is 1.16 bits per heavy atom. The van der Waals surface area contributed by atoms with Crippen molar-refractivity contribution < 1.29 is 4.21 Å². The molecule has 1 unspecified atom stereocenters. The SMILES string of the molecule is Cn1c(S(=O)Cc2ccccn2)nc2ccccc21. The van der Waals surface area contributed by atoms with Crippen molar-refractivity contribution in [3.05, 3.63) is 54.4 Å². The van der Waals surface area contributed by atoms with E-state index in [1.54, 1.807) is 6.20 Å². The van der Waals surface area contributed by atoms with Gasteiger partial charge < -0.3 is 4.57 Å². The lowest BCUT2D eigenvalue weighted by molar-refractivity contribution is 0.666. The normalized spacial score (nSPS) is 12.7. The molecule has 0 saturated heterocycles. The van der Waals surface area contributed by atoms with E-state index in [0.717, 1.165) is 16.7 Å².